The van der Waals surface area contributed by atoms with E-state index in [-0.39, 0.29) is 0 Å². The van der Waals surface area contributed by atoms with Crippen LogP contribution >= 0.6 is 0 Å². The van der Waals surface area contributed by atoms with Crippen LogP contribution in [-0.4, -0.2) is 9.13 Å². The smallest absolute Gasteiger partial charge is 0.0549 e. The molecule has 0 aliphatic rings. The molecule has 0 radical (unpaired) electrons. The molecule has 2 nitrogen and oxygen atoms in total. The zero-order valence-electron chi connectivity index (χ0n) is 27.4. The van der Waals surface area contributed by atoms with Crippen molar-refractivity contribution in [2.75, 3.05) is 0 Å². The van der Waals surface area contributed by atoms with Crippen LogP contribution in [0.25, 0.3) is 88.4 Å². The molecule has 10 aromatic rings. The maximum Gasteiger partial charge on any atom is 0.0549 e. The van der Waals surface area contributed by atoms with Crippen molar-refractivity contribution in [3.63, 3.8) is 0 Å². The van der Waals surface area contributed by atoms with Gasteiger partial charge >= 0.3 is 0 Å². The van der Waals surface area contributed by atoms with Gasteiger partial charge in [0.05, 0.1) is 27.8 Å². The number of hydrogen-bond donors (Lipinski definition) is 0. The van der Waals surface area contributed by atoms with Gasteiger partial charge in [0.2, 0.25) is 0 Å². The molecule has 2 heteroatoms. The van der Waals surface area contributed by atoms with Crippen LogP contribution in [0.5, 0.6) is 0 Å². The molecular weight excluding hydrogens is 605 g/mol. The monoisotopic (exact) mass is 636 g/mol. The molecule has 50 heavy (non-hydrogen) atoms. The first-order valence-corrected chi connectivity index (χ1v) is 17.2. The van der Waals surface area contributed by atoms with E-state index in [0.717, 1.165) is 5.69 Å². The minimum absolute atomic E-state index is 1.15. The molecule has 0 atom stereocenters. The molecule has 10 rings (SSSR count). The van der Waals surface area contributed by atoms with E-state index >= 15 is 0 Å². The maximum atomic E-state index is 2.45. The second-order valence-electron chi connectivity index (χ2n) is 13.0. The van der Waals surface area contributed by atoms with Crippen LogP contribution in [-0.2, 0) is 0 Å². The van der Waals surface area contributed by atoms with Crippen LogP contribution in [0.2, 0.25) is 0 Å². The number of nitrogens with zero attached hydrogens (tertiary/aromatic N) is 2. The Bertz CT molecular complexity index is 2820. The normalized spacial score (nSPS) is 11.6. The summed E-state index contributed by atoms with van der Waals surface area (Å²) in [7, 11) is 0. The number of fused-ring (bicyclic) bond motifs is 6. The molecule has 234 valence electrons. The van der Waals surface area contributed by atoms with Gasteiger partial charge in [0, 0.05) is 32.8 Å². The van der Waals surface area contributed by atoms with Gasteiger partial charge in [0.15, 0.2) is 0 Å². The molecule has 0 spiro atoms. The van der Waals surface area contributed by atoms with E-state index < -0.39 is 0 Å². The molecule has 0 unspecified atom stereocenters. The molecule has 0 amide bonds. The lowest BCUT2D eigenvalue weighted by atomic mass is 10.0. The van der Waals surface area contributed by atoms with Crippen molar-refractivity contribution in [1.82, 2.24) is 9.13 Å². The molecule has 2 aromatic heterocycles. The summed E-state index contributed by atoms with van der Waals surface area (Å²) in [6.07, 6.45) is 0. The molecule has 8 aromatic carbocycles. The maximum absolute atomic E-state index is 2.45. The summed E-state index contributed by atoms with van der Waals surface area (Å²) in [5, 5.41) is 4.99. The van der Waals surface area contributed by atoms with Gasteiger partial charge in [-0.3, -0.25) is 0 Å². The van der Waals surface area contributed by atoms with E-state index in [1.54, 1.807) is 0 Å². The highest BCUT2D eigenvalue weighted by Crippen LogP contribution is 2.41. The first-order chi connectivity index (χ1) is 24.8. The van der Waals surface area contributed by atoms with Gasteiger partial charge in [-0.2, -0.15) is 0 Å². The van der Waals surface area contributed by atoms with E-state index in [2.05, 4.69) is 203 Å². The highest BCUT2D eigenvalue weighted by molar-refractivity contribution is 6.19. The Hall–Kier alpha value is -6.64. The third kappa shape index (κ3) is 4.50. The Kier molecular flexibility index (Phi) is 6.53. The fourth-order valence-corrected chi connectivity index (χ4v) is 7.79. The highest BCUT2D eigenvalue weighted by Gasteiger charge is 2.19. The molecule has 0 fully saturated rings. The predicted octanol–water partition coefficient (Wildman–Crippen LogP) is 12.9. The first-order valence-electron chi connectivity index (χ1n) is 17.2. The van der Waals surface area contributed by atoms with Crippen molar-refractivity contribution in [3.05, 3.63) is 194 Å². The van der Waals surface area contributed by atoms with Crippen LogP contribution < -0.4 is 0 Å². The summed E-state index contributed by atoms with van der Waals surface area (Å²) in [4.78, 5) is 0. The van der Waals surface area contributed by atoms with E-state index in [1.807, 2.05) is 0 Å². The summed E-state index contributed by atoms with van der Waals surface area (Å²) in [6.45, 7) is 0. The zero-order valence-corrected chi connectivity index (χ0v) is 27.4. The number of rotatable bonds is 5. The third-order valence-electron chi connectivity index (χ3n) is 10.1. The molecular formula is C48H32N2. The minimum atomic E-state index is 1.15. The molecule has 0 saturated carbocycles. The number of para-hydroxylation sites is 3. The summed E-state index contributed by atoms with van der Waals surface area (Å²) < 4.78 is 4.88. The van der Waals surface area contributed by atoms with Crippen LogP contribution in [0.4, 0.5) is 0 Å². The van der Waals surface area contributed by atoms with Crippen molar-refractivity contribution in [2.45, 2.75) is 0 Å². The predicted molar refractivity (Wildman–Crippen MR) is 211 cm³/mol. The van der Waals surface area contributed by atoms with E-state index in [4.69, 9.17) is 0 Å². The summed E-state index contributed by atoms with van der Waals surface area (Å²) in [5.41, 5.74) is 14.5. The van der Waals surface area contributed by atoms with Crippen LogP contribution in [0, 0.1) is 0 Å². The first kappa shape index (κ1) is 28.4. The summed E-state index contributed by atoms with van der Waals surface area (Å²) in [6, 6.07) is 70.3. The summed E-state index contributed by atoms with van der Waals surface area (Å²) in [5.74, 6) is 0. The van der Waals surface area contributed by atoms with Gasteiger partial charge in [-0.25, -0.2) is 0 Å². The topological polar surface area (TPSA) is 9.86 Å². The Balaban J connectivity index is 1.15. The Labute approximate surface area is 290 Å². The van der Waals surface area contributed by atoms with Crippen molar-refractivity contribution < 1.29 is 0 Å². The van der Waals surface area contributed by atoms with Gasteiger partial charge in [0.1, 0.15) is 0 Å². The standard InChI is InChI=1S/C48H32N2/c1-3-13-33(14-4-1)34-23-25-35(26-24-34)36-27-29-38(30-28-36)49-45-21-11-8-18-40(45)42-32-48-43(31-47(42)49)41-19-9-12-22-46(41)50(48)44-20-10-7-17-39(44)37-15-5-2-6-16-37/h1-32H. The van der Waals surface area contributed by atoms with Crippen LogP contribution in [0.15, 0.2) is 194 Å². The number of aromatic nitrogens is 2. The van der Waals surface area contributed by atoms with E-state index in [0.29, 0.717) is 0 Å². The van der Waals surface area contributed by atoms with E-state index in [1.165, 1.54) is 82.7 Å². The second-order valence-corrected chi connectivity index (χ2v) is 13.0. The zero-order chi connectivity index (χ0) is 33.0. The average Bonchev–Trinajstić information content (AvgIpc) is 3.70. The second kappa shape index (κ2) is 11.5. The van der Waals surface area contributed by atoms with Gasteiger partial charge in [0.25, 0.3) is 0 Å². The highest BCUT2D eigenvalue weighted by atomic mass is 15.0. The van der Waals surface area contributed by atoms with Crippen molar-refractivity contribution in [3.8, 4) is 44.8 Å². The molecule has 0 bridgehead atoms. The molecule has 0 saturated heterocycles. The molecule has 2 heterocycles. The van der Waals surface area contributed by atoms with Gasteiger partial charge < -0.3 is 9.13 Å². The summed E-state index contributed by atoms with van der Waals surface area (Å²) >= 11 is 0. The van der Waals surface area contributed by atoms with E-state index in [9.17, 15) is 0 Å². The van der Waals surface area contributed by atoms with Crippen molar-refractivity contribution in [2.24, 2.45) is 0 Å². The lowest BCUT2D eigenvalue weighted by Gasteiger charge is -2.14. The fraction of sp³-hybridized carbons (Fsp3) is 0. The number of hydrogen-bond acceptors (Lipinski definition) is 0. The minimum Gasteiger partial charge on any atom is -0.309 e. The quantitative estimate of drug-likeness (QED) is 0.178. The van der Waals surface area contributed by atoms with Crippen LogP contribution in [0.1, 0.15) is 0 Å². The Morgan fingerprint density at radius 2 is 0.680 bits per heavy atom. The Morgan fingerprint density at radius 1 is 0.260 bits per heavy atom. The fourth-order valence-electron chi connectivity index (χ4n) is 7.79. The van der Waals surface area contributed by atoms with Gasteiger partial charge in [-0.1, -0.05) is 152 Å². The Morgan fingerprint density at radius 3 is 1.28 bits per heavy atom. The van der Waals surface area contributed by atoms with Crippen molar-refractivity contribution >= 4 is 43.6 Å². The molecule has 0 aliphatic carbocycles. The van der Waals surface area contributed by atoms with Gasteiger partial charge in [-0.15, -0.1) is 0 Å². The van der Waals surface area contributed by atoms with Gasteiger partial charge in [-0.05, 0) is 70.3 Å². The van der Waals surface area contributed by atoms with Crippen molar-refractivity contribution in [1.29, 1.82) is 0 Å². The molecule has 0 aliphatic heterocycles. The average molecular weight is 637 g/mol. The largest absolute Gasteiger partial charge is 0.309 e. The third-order valence-corrected chi connectivity index (χ3v) is 10.1. The lowest BCUT2D eigenvalue weighted by molar-refractivity contribution is 1.18. The lowest BCUT2D eigenvalue weighted by Crippen LogP contribution is -1.97. The SMILES string of the molecule is c1ccc(-c2ccc(-c3ccc(-n4c5ccccc5c5cc6c(cc54)c4ccccc4n6-c4ccccc4-c4ccccc4)cc3)cc2)cc1. The van der Waals surface area contributed by atoms with Crippen LogP contribution in [0.3, 0.4) is 0 Å². The molecule has 0 N–H and O–H groups in total. The number of benzene rings is 8.